The lowest BCUT2D eigenvalue weighted by atomic mass is 10.2. The summed E-state index contributed by atoms with van der Waals surface area (Å²) in [7, 11) is 0. The molecule has 0 atom stereocenters. The first-order valence-electron chi connectivity index (χ1n) is 5.10. The number of halogens is 1. The van der Waals surface area contributed by atoms with E-state index in [4.69, 9.17) is 0 Å². The van der Waals surface area contributed by atoms with Crippen molar-refractivity contribution in [2.75, 3.05) is 32.7 Å². The van der Waals surface area contributed by atoms with Crippen LogP contribution < -0.4 is 5.32 Å². The van der Waals surface area contributed by atoms with E-state index in [0.717, 1.165) is 24.1 Å². The Balaban J connectivity index is 1.76. The fourth-order valence-electron chi connectivity index (χ4n) is 1.77. The predicted molar refractivity (Wildman–Crippen MR) is 61.5 cm³/mol. The van der Waals surface area contributed by atoms with E-state index in [9.17, 15) is 0 Å². The lowest BCUT2D eigenvalue weighted by Gasteiger charge is -2.26. The van der Waals surface area contributed by atoms with Gasteiger partial charge >= 0.3 is 0 Å². The van der Waals surface area contributed by atoms with Crippen LogP contribution in [0.1, 0.15) is 5.56 Å². The molecule has 0 amide bonds. The summed E-state index contributed by atoms with van der Waals surface area (Å²) in [5, 5.41) is 3.36. The number of nitrogens with one attached hydrogen (secondary N) is 2. The Morgan fingerprint density at radius 1 is 1.36 bits per heavy atom. The van der Waals surface area contributed by atoms with E-state index in [1.165, 1.54) is 25.2 Å². The van der Waals surface area contributed by atoms with E-state index in [1.54, 1.807) is 0 Å². The van der Waals surface area contributed by atoms with E-state index < -0.39 is 0 Å². The van der Waals surface area contributed by atoms with E-state index in [2.05, 4.69) is 43.4 Å². The molecule has 1 aliphatic rings. The molecule has 14 heavy (non-hydrogen) atoms. The molecule has 2 rings (SSSR count). The number of aromatic nitrogens is 1. The topological polar surface area (TPSA) is 31.1 Å². The Morgan fingerprint density at radius 2 is 2.14 bits per heavy atom. The highest BCUT2D eigenvalue weighted by atomic mass is 79.9. The molecule has 1 fully saturated rings. The molecule has 1 aromatic heterocycles. The van der Waals surface area contributed by atoms with Crippen LogP contribution >= 0.6 is 15.9 Å². The number of piperazine rings is 1. The minimum Gasteiger partial charge on any atom is -0.356 e. The fourth-order valence-corrected chi connectivity index (χ4v) is 2.18. The normalized spacial score (nSPS) is 18.6. The van der Waals surface area contributed by atoms with Crippen molar-refractivity contribution in [1.82, 2.24) is 15.2 Å². The van der Waals surface area contributed by atoms with Crippen molar-refractivity contribution >= 4 is 15.9 Å². The molecule has 1 aromatic rings. The van der Waals surface area contributed by atoms with Gasteiger partial charge in [0.05, 0.1) is 4.60 Å². The molecule has 1 aliphatic heterocycles. The Morgan fingerprint density at radius 3 is 2.79 bits per heavy atom. The first kappa shape index (κ1) is 10.2. The van der Waals surface area contributed by atoms with Crippen LogP contribution in [0.25, 0.3) is 0 Å². The second kappa shape index (κ2) is 4.96. The quantitative estimate of drug-likeness (QED) is 0.854. The van der Waals surface area contributed by atoms with Crippen LogP contribution in [0.3, 0.4) is 0 Å². The molecular weight excluding hydrogens is 242 g/mol. The SMILES string of the molecule is Brc1cc(CCN2CCNCC2)c[nH]1. The highest BCUT2D eigenvalue weighted by Gasteiger charge is 2.08. The van der Waals surface area contributed by atoms with Crippen LogP contribution in [0.5, 0.6) is 0 Å². The summed E-state index contributed by atoms with van der Waals surface area (Å²) in [5.41, 5.74) is 1.38. The maximum absolute atomic E-state index is 3.42. The van der Waals surface area contributed by atoms with Gasteiger partial charge in [0.2, 0.25) is 0 Å². The first-order chi connectivity index (χ1) is 6.84. The van der Waals surface area contributed by atoms with Gasteiger partial charge in [-0.05, 0) is 34.0 Å². The van der Waals surface area contributed by atoms with Crippen molar-refractivity contribution < 1.29 is 0 Å². The molecule has 3 nitrogen and oxygen atoms in total. The van der Waals surface area contributed by atoms with Crippen LogP contribution in [0.2, 0.25) is 0 Å². The van der Waals surface area contributed by atoms with Gasteiger partial charge in [-0.15, -0.1) is 0 Å². The number of hydrogen-bond donors (Lipinski definition) is 2. The zero-order valence-corrected chi connectivity index (χ0v) is 9.81. The Hall–Kier alpha value is -0.320. The third-order valence-corrected chi connectivity index (χ3v) is 3.09. The van der Waals surface area contributed by atoms with Crippen molar-refractivity contribution in [1.29, 1.82) is 0 Å². The standard InChI is InChI=1S/C10H16BrN3/c11-10-7-9(8-13-10)1-4-14-5-2-12-3-6-14/h7-8,12-13H,1-6H2. The first-order valence-corrected chi connectivity index (χ1v) is 5.90. The Kier molecular flexibility index (Phi) is 3.61. The van der Waals surface area contributed by atoms with E-state index >= 15 is 0 Å². The van der Waals surface area contributed by atoms with E-state index in [1.807, 2.05) is 0 Å². The summed E-state index contributed by atoms with van der Waals surface area (Å²) in [6.45, 7) is 5.82. The maximum atomic E-state index is 3.42. The summed E-state index contributed by atoms with van der Waals surface area (Å²) in [6, 6.07) is 2.15. The van der Waals surface area contributed by atoms with Crippen LogP contribution in [0.15, 0.2) is 16.9 Å². The molecule has 78 valence electrons. The highest BCUT2D eigenvalue weighted by molar-refractivity contribution is 9.10. The Bertz CT molecular complexity index is 279. The lowest BCUT2D eigenvalue weighted by molar-refractivity contribution is 0.244. The van der Waals surface area contributed by atoms with Gasteiger partial charge in [-0.3, -0.25) is 0 Å². The van der Waals surface area contributed by atoms with Crippen molar-refractivity contribution in [3.8, 4) is 0 Å². The average Bonchev–Trinajstić information content (AvgIpc) is 2.63. The summed E-state index contributed by atoms with van der Waals surface area (Å²) >= 11 is 3.42. The van der Waals surface area contributed by atoms with Gasteiger partial charge < -0.3 is 15.2 Å². The summed E-state index contributed by atoms with van der Waals surface area (Å²) in [4.78, 5) is 5.65. The second-order valence-corrected chi connectivity index (χ2v) is 4.55. The number of nitrogens with zero attached hydrogens (tertiary/aromatic N) is 1. The number of rotatable bonds is 3. The van der Waals surface area contributed by atoms with Crippen molar-refractivity contribution in [3.05, 3.63) is 22.4 Å². The van der Waals surface area contributed by atoms with E-state index in [0.29, 0.717) is 0 Å². The fraction of sp³-hybridized carbons (Fsp3) is 0.600. The van der Waals surface area contributed by atoms with Gasteiger partial charge in [0.25, 0.3) is 0 Å². The molecular formula is C10H16BrN3. The maximum Gasteiger partial charge on any atom is 0.0822 e. The molecule has 0 aromatic carbocycles. The van der Waals surface area contributed by atoms with Gasteiger partial charge in [0.15, 0.2) is 0 Å². The summed E-state index contributed by atoms with van der Waals surface area (Å²) in [6.07, 6.45) is 3.22. The third-order valence-electron chi connectivity index (χ3n) is 2.63. The zero-order chi connectivity index (χ0) is 9.80. The van der Waals surface area contributed by atoms with Gasteiger partial charge in [0, 0.05) is 38.9 Å². The van der Waals surface area contributed by atoms with Crippen LogP contribution in [0, 0.1) is 0 Å². The molecule has 4 heteroatoms. The van der Waals surface area contributed by atoms with Crippen molar-refractivity contribution in [2.24, 2.45) is 0 Å². The van der Waals surface area contributed by atoms with Gasteiger partial charge in [-0.25, -0.2) is 0 Å². The van der Waals surface area contributed by atoms with Crippen molar-refractivity contribution in [2.45, 2.75) is 6.42 Å². The van der Waals surface area contributed by atoms with Crippen LogP contribution in [0.4, 0.5) is 0 Å². The zero-order valence-electron chi connectivity index (χ0n) is 8.22. The average molecular weight is 258 g/mol. The summed E-state index contributed by atoms with van der Waals surface area (Å²) < 4.78 is 1.08. The molecule has 0 bridgehead atoms. The Labute approximate surface area is 93.0 Å². The molecule has 0 unspecified atom stereocenters. The van der Waals surface area contributed by atoms with Gasteiger partial charge in [-0.2, -0.15) is 0 Å². The van der Waals surface area contributed by atoms with Crippen molar-refractivity contribution in [3.63, 3.8) is 0 Å². The molecule has 0 aliphatic carbocycles. The number of aromatic amines is 1. The smallest absolute Gasteiger partial charge is 0.0822 e. The molecule has 0 radical (unpaired) electrons. The third kappa shape index (κ3) is 2.83. The largest absolute Gasteiger partial charge is 0.356 e. The van der Waals surface area contributed by atoms with Gasteiger partial charge in [-0.1, -0.05) is 0 Å². The molecule has 2 N–H and O–H groups in total. The predicted octanol–water partition coefficient (Wildman–Crippen LogP) is 1.22. The second-order valence-electron chi connectivity index (χ2n) is 3.70. The van der Waals surface area contributed by atoms with Crippen LogP contribution in [-0.2, 0) is 6.42 Å². The number of hydrogen-bond acceptors (Lipinski definition) is 2. The summed E-state index contributed by atoms with van der Waals surface area (Å²) in [5.74, 6) is 0. The van der Waals surface area contributed by atoms with Crippen LogP contribution in [-0.4, -0.2) is 42.6 Å². The van der Waals surface area contributed by atoms with E-state index in [-0.39, 0.29) is 0 Å². The lowest BCUT2D eigenvalue weighted by Crippen LogP contribution is -2.44. The van der Waals surface area contributed by atoms with Gasteiger partial charge in [0.1, 0.15) is 0 Å². The minimum absolute atomic E-state index is 1.08. The monoisotopic (exact) mass is 257 g/mol. The molecule has 2 heterocycles. The molecule has 0 saturated carbocycles. The number of H-pyrrole nitrogens is 1. The molecule has 0 spiro atoms. The highest BCUT2D eigenvalue weighted by Crippen LogP contribution is 2.10. The molecule has 1 saturated heterocycles. The minimum atomic E-state index is 1.08.